The average molecular weight is 467 g/mol. The van der Waals surface area contributed by atoms with Crippen LogP contribution in [0.3, 0.4) is 0 Å². The molecular formula is C18H12Cl2N4O5S. The van der Waals surface area contributed by atoms with Gasteiger partial charge in [-0.1, -0.05) is 41.0 Å². The molecule has 12 heteroatoms. The van der Waals surface area contributed by atoms with E-state index in [9.17, 15) is 24.5 Å². The van der Waals surface area contributed by atoms with Gasteiger partial charge in [-0.3, -0.25) is 15.1 Å². The van der Waals surface area contributed by atoms with Crippen LogP contribution in [-0.2, 0) is 6.54 Å². The van der Waals surface area contributed by atoms with Crippen molar-refractivity contribution in [2.24, 2.45) is 0 Å². The number of hydrogen-bond donors (Lipinski definition) is 1. The van der Waals surface area contributed by atoms with Crippen LogP contribution in [0.25, 0.3) is 5.69 Å². The summed E-state index contributed by atoms with van der Waals surface area (Å²) in [4.78, 5) is 50.1. The molecule has 9 nitrogen and oxygen atoms in total. The fourth-order valence-corrected chi connectivity index (χ4v) is 4.08. The number of benzene rings is 2. The maximum absolute atomic E-state index is 12.6. The summed E-state index contributed by atoms with van der Waals surface area (Å²) < 4.78 is 1.54. The third kappa shape index (κ3) is 4.25. The summed E-state index contributed by atoms with van der Waals surface area (Å²) in [5.41, 5.74) is -2.65. The van der Waals surface area contributed by atoms with Gasteiger partial charge in [-0.05, 0) is 24.3 Å². The molecule has 0 saturated heterocycles. The molecule has 1 aromatic heterocycles. The predicted molar refractivity (Wildman–Crippen MR) is 114 cm³/mol. The number of nitrogens with one attached hydrogen (secondary N) is 1. The van der Waals surface area contributed by atoms with Gasteiger partial charge < -0.3 is 0 Å². The minimum atomic E-state index is -0.937. The first kappa shape index (κ1) is 21.6. The highest BCUT2D eigenvalue weighted by Crippen LogP contribution is 2.40. The second-order valence-corrected chi connectivity index (χ2v) is 7.74. The van der Waals surface area contributed by atoms with Gasteiger partial charge in [0, 0.05) is 21.9 Å². The number of aromatic amines is 1. The van der Waals surface area contributed by atoms with Crippen LogP contribution in [0.15, 0.2) is 73.2 Å². The first-order valence-electron chi connectivity index (χ1n) is 8.21. The molecule has 0 radical (unpaired) electrons. The molecule has 0 atom stereocenters. The summed E-state index contributed by atoms with van der Waals surface area (Å²) in [5, 5.41) is 11.1. The quantitative estimate of drug-likeness (QED) is 0.338. The fraction of sp³-hybridized carbons (Fsp3) is 0.0556. The Bertz CT molecular complexity index is 1310. The van der Waals surface area contributed by atoms with Crippen molar-refractivity contribution < 1.29 is 4.92 Å². The number of hydrogen-bond acceptors (Lipinski definition) is 6. The van der Waals surface area contributed by atoms with Crippen LogP contribution in [0.1, 0.15) is 0 Å². The molecule has 1 N–H and O–H groups in total. The van der Waals surface area contributed by atoms with Gasteiger partial charge in [0.05, 0.1) is 27.2 Å². The Balaban J connectivity index is 2.05. The largest absolute Gasteiger partial charge is 0.341 e. The van der Waals surface area contributed by atoms with Crippen LogP contribution < -0.4 is 17.1 Å². The Hall–Kier alpha value is -3.08. The number of nitro benzene ring substituents is 1. The van der Waals surface area contributed by atoms with Crippen molar-refractivity contribution in [2.45, 2.75) is 16.3 Å². The second kappa shape index (κ2) is 8.74. The van der Waals surface area contributed by atoms with Crippen molar-refractivity contribution in [3.05, 3.63) is 101 Å². The second-order valence-electron chi connectivity index (χ2n) is 5.84. The molecule has 1 heterocycles. The highest BCUT2D eigenvalue weighted by atomic mass is 35.5. The Morgan fingerprint density at radius 1 is 1.10 bits per heavy atom. The summed E-state index contributed by atoms with van der Waals surface area (Å²) in [6.45, 7) is 3.38. The number of rotatable bonds is 6. The summed E-state index contributed by atoms with van der Waals surface area (Å²) in [7, 11) is 0. The van der Waals surface area contributed by atoms with Gasteiger partial charge in [-0.25, -0.2) is 23.5 Å². The van der Waals surface area contributed by atoms with E-state index in [1.807, 2.05) is 0 Å². The molecule has 0 amide bonds. The first-order chi connectivity index (χ1) is 14.2. The van der Waals surface area contributed by atoms with Crippen LogP contribution in [0, 0.1) is 10.1 Å². The number of nitro groups is 1. The molecule has 0 aliphatic rings. The van der Waals surface area contributed by atoms with E-state index in [1.54, 1.807) is 12.1 Å². The first-order valence-corrected chi connectivity index (χ1v) is 9.79. The number of aromatic nitrogens is 3. The molecule has 0 spiro atoms. The van der Waals surface area contributed by atoms with Crippen molar-refractivity contribution in [1.29, 1.82) is 0 Å². The van der Waals surface area contributed by atoms with Gasteiger partial charge in [0.15, 0.2) is 0 Å². The molecule has 0 bridgehead atoms. The molecule has 3 aromatic rings. The number of non-ortho nitro benzene ring substituents is 1. The van der Waals surface area contributed by atoms with E-state index in [0.717, 1.165) is 20.9 Å². The van der Waals surface area contributed by atoms with Crippen LogP contribution in [0.5, 0.6) is 0 Å². The Kier molecular flexibility index (Phi) is 6.30. The van der Waals surface area contributed by atoms with Gasteiger partial charge in [-0.15, -0.1) is 6.58 Å². The molecule has 0 unspecified atom stereocenters. The van der Waals surface area contributed by atoms with Crippen LogP contribution in [0.2, 0.25) is 10.0 Å². The standard InChI is InChI=1S/C18H12Cl2N4O5S/c1-2-7-22-16(25)21-17(26)23(18(22)27)11-8-13(19)15(14(20)9-11)30-12-5-3-10(4-6-12)24(28)29/h2-6,8-9H,1,7H2,(H,21,25,26). The van der Waals surface area contributed by atoms with Crippen molar-refractivity contribution in [2.75, 3.05) is 0 Å². The van der Waals surface area contributed by atoms with Gasteiger partial charge in [0.2, 0.25) is 0 Å². The van der Waals surface area contributed by atoms with E-state index >= 15 is 0 Å². The Labute approximate surface area is 182 Å². The molecule has 154 valence electrons. The number of H-pyrrole nitrogens is 1. The smallest absolute Gasteiger partial charge is 0.258 e. The molecule has 0 aliphatic carbocycles. The Morgan fingerprint density at radius 2 is 1.70 bits per heavy atom. The zero-order valence-corrected chi connectivity index (χ0v) is 17.3. The molecule has 30 heavy (non-hydrogen) atoms. The molecule has 0 aliphatic heterocycles. The SMILES string of the molecule is C=CCn1c(=O)[nH]c(=O)n(-c2cc(Cl)c(Sc3ccc([N+](=O)[O-])cc3)c(Cl)c2)c1=O. The summed E-state index contributed by atoms with van der Waals surface area (Å²) >= 11 is 13.8. The number of halogens is 2. The predicted octanol–water partition coefficient (Wildman–Crippen LogP) is 3.24. The van der Waals surface area contributed by atoms with Crippen LogP contribution in [0.4, 0.5) is 5.69 Å². The highest BCUT2D eigenvalue weighted by Gasteiger charge is 2.16. The molecular weight excluding hydrogens is 455 g/mol. The normalized spacial score (nSPS) is 10.7. The monoisotopic (exact) mass is 466 g/mol. The zero-order valence-electron chi connectivity index (χ0n) is 15.0. The van der Waals surface area contributed by atoms with E-state index in [-0.39, 0.29) is 28.0 Å². The summed E-state index contributed by atoms with van der Waals surface area (Å²) in [5.74, 6) is 0. The lowest BCUT2D eigenvalue weighted by Crippen LogP contribution is -2.48. The van der Waals surface area contributed by atoms with Crippen LogP contribution >= 0.6 is 35.0 Å². The van der Waals surface area contributed by atoms with E-state index < -0.39 is 22.0 Å². The minimum Gasteiger partial charge on any atom is -0.258 e. The van der Waals surface area contributed by atoms with E-state index in [2.05, 4.69) is 11.6 Å². The van der Waals surface area contributed by atoms with Crippen molar-refractivity contribution in [3.8, 4) is 5.69 Å². The molecule has 0 saturated carbocycles. The van der Waals surface area contributed by atoms with Gasteiger partial charge in [-0.2, -0.15) is 0 Å². The highest BCUT2D eigenvalue weighted by molar-refractivity contribution is 7.99. The molecule has 0 fully saturated rings. The molecule has 2 aromatic carbocycles. The lowest BCUT2D eigenvalue weighted by atomic mass is 10.3. The zero-order chi connectivity index (χ0) is 22.0. The Morgan fingerprint density at radius 3 is 2.23 bits per heavy atom. The van der Waals surface area contributed by atoms with Gasteiger partial charge in [0.25, 0.3) is 5.69 Å². The van der Waals surface area contributed by atoms with Crippen molar-refractivity contribution >= 4 is 40.7 Å². The minimum absolute atomic E-state index is 0.0554. The van der Waals surface area contributed by atoms with Crippen molar-refractivity contribution in [3.63, 3.8) is 0 Å². The summed E-state index contributed by atoms with van der Waals surface area (Å²) in [6, 6.07) is 8.51. The summed E-state index contributed by atoms with van der Waals surface area (Å²) in [6.07, 6.45) is 1.34. The van der Waals surface area contributed by atoms with Gasteiger partial charge >= 0.3 is 17.1 Å². The fourth-order valence-electron chi connectivity index (χ4n) is 2.55. The van der Waals surface area contributed by atoms with E-state index in [0.29, 0.717) is 9.79 Å². The lowest BCUT2D eigenvalue weighted by molar-refractivity contribution is -0.384. The van der Waals surface area contributed by atoms with Crippen molar-refractivity contribution in [1.82, 2.24) is 14.1 Å². The maximum atomic E-state index is 12.6. The van der Waals surface area contributed by atoms with E-state index in [1.165, 1.54) is 30.3 Å². The third-order valence-electron chi connectivity index (χ3n) is 3.90. The van der Waals surface area contributed by atoms with E-state index in [4.69, 9.17) is 23.2 Å². The average Bonchev–Trinajstić information content (AvgIpc) is 2.68. The number of nitrogens with zero attached hydrogens (tertiary/aromatic N) is 3. The maximum Gasteiger partial charge on any atom is 0.341 e. The number of allylic oxidation sites excluding steroid dienone is 1. The lowest BCUT2D eigenvalue weighted by Gasteiger charge is -2.12. The third-order valence-corrected chi connectivity index (χ3v) is 5.88. The topological polar surface area (TPSA) is 120 Å². The van der Waals surface area contributed by atoms with Crippen LogP contribution in [-0.4, -0.2) is 19.0 Å². The molecule has 3 rings (SSSR count). The van der Waals surface area contributed by atoms with Gasteiger partial charge in [0.1, 0.15) is 0 Å².